The third kappa shape index (κ3) is 3.45. The van der Waals surface area contributed by atoms with Crippen LogP contribution in [0, 0.1) is 0 Å². The molecule has 0 atom stereocenters. The van der Waals surface area contributed by atoms with E-state index in [1.54, 1.807) is 14.2 Å². The van der Waals surface area contributed by atoms with Gasteiger partial charge in [-0.3, -0.25) is 4.79 Å². The second-order valence-corrected chi connectivity index (χ2v) is 5.76. The molecule has 0 saturated heterocycles. The summed E-state index contributed by atoms with van der Waals surface area (Å²) in [7, 11) is 3.20. The second-order valence-electron chi connectivity index (χ2n) is 5.76. The molecule has 5 heteroatoms. The molecule has 0 aliphatic carbocycles. The Bertz CT molecular complexity index is 730. The first-order valence-electron chi connectivity index (χ1n) is 8.01. The Labute approximate surface area is 142 Å². The lowest BCUT2D eigenvalue weighted by atomic mass is 10.00. The molecule has 3 rings (SSSR count). The number of methoxy groups -OCH3 is 2. The minimum atomic E-state index is 0.0966. The average Bonchev–Trinajstić information content (AvgIpc) is 2.65. The Hall–Kier alpha value is -2.69. The van der Waals surface area contributed by atoms with Gasteiger partial charge < -0.3 is 19.7 Å². The molecule has 0 bridgehead atoms. The largest absolute Gasteiger partial charge is 0.493 e. The van der Waals surface area contributed by atoms with E-state index in [-0.39, 0.29) is 12.5 Å². The Morgan fingerprint density at radius 2 is 1.83 bits per heavy atom. The molecule has 1 N–H and O–H groups in total. The molecule has 126 valence electrons. The summed E-state index contributed by atoms with van der Waals surface area (Å²) in [5, 5.41) is 3.16. The van der Waals surface area contributed by atoms with Crippen molar-refractivity contribution in [2.45, 2.75) is 13.0 Å². The van der Waals surface area contributed by atoms with Gasteiger partial charge in [0, 0.05) is 24.8 Å². The number of nitrogens with one attached hydrogen (secondary N) is 1. The van der Waals surface area contributed by atoms with Crippen molar-refractivity contribution in [3.05, 3.63) is 53.6 Å². The van der Waals surface area contributed by atoms with Crippen LogP contribution in [0.1, 0.15) is 11.1 Å². The highest BCUT2D eigenvalue weighted by atomic mass is 16.5. The number of rotatable bonds is 5. The van der Waals surface area contributed by atoms with Crippen molar-refractivity contribution in [1.82, 2.24) is 4.90 Å². The van der Waals surface area contributed by atoms with Gasteiger partial charge in [0.25, 0.3) is 0 Å². The average molecular weight is 326 g/mol. The predicted octanol–water partition coefficient (Wildman–Crippen LogP) is 2.70. The number of hydrogen-bond donors (Lipinski definition) is 1. The van der Waals surface area contributed by atoms with Crippen molar-refractivity contribution < 1.29 is 14.3 Å². The molecule has 2 aromatic carbocycles. The zero-order chi connectivity index (χ0) is 16.9. The van der Waals surface area contributed by atoms with Gasteiger partial charge in [-0.2, -0.15) is 0 Å². The topological polar surface area (TPSA) is 50.8 Å². The summed E-state index contributed by atoms with van der Waals surface area (Å²) in [5.74, 6) is 1.41. The lowest BCUT2D eigenvalue weighted by Gasteiger charge is -2.29. The van der Waals surface area contributed by atoms with Crippen molar-refractivity contribution in [3.8, 4) is 11.5 Å². The Kier molecular flexibility index (Phi) is 4.89. The van der Waals surface area contributed by atoms with Crippen molar-refractivity contribution >= 4 is 11.6 Å². The van der Waals surface area contributed by atoms with Crippen LogP contribution in [0.4, 0.5) is 5.69 Å². The van der Waals surface area contributed by atoms with Gasteiger partial charge in [-0.05, 0) is 29.7 Å². The van der Waals surface area contributed by atoms with Crippen molar-refractivity contribution in [3.63, 3.8) is 0 Å². The lowest BCUT2D eigenvalue weighted by Crippen LogP contribution is -2.39. The van der Waals surface area contributed by atoms with E-state index in [4.69, 9.17) is 9.47 Å². The maximum absolute atomic E-state index is 12.5. The highest BCUT2D eigenvalue weighted by Gasteiger charge is 2.20. The van der Waals surface area contributed by atoms with Crippen LogP contribution in [-0.4, -0.2) is 38.1 Å². The van der Waals surface area contributed by atoms with E-state index in [1.165, 1.54) is 11.1 Å². The Morgan fingerprint density at radius 3 is 2.58 bits per heavy atom. The van der Waals surface area contributed by atoms with Crippen LogP contribution in [0.15, 0.2) is 42.5 Å². The molecule has 0 saturated carbocycles. The fourth-order valence-electron chi connectivity index (χ4n) is 2.94. The molecular weight excluding hydrogens is 304 g/mol. The first kappa shape index (κ1) is 16.2. The molecular formula is C19H22N2O3. The van der Waals surface area contributed by atoms with Crippen LogP contribution in [0.2, 0.25) is 0 Å². The van der Waals surface area contributed by atoms with Gasteiger partial charge in [0.05, 0.1) is 20.8 Å². The SMILES string of the molecule is COc1ccc(NCC(=O)N2CCc3ccccc3C2)cc1OC. The molecule has 0 radical (unpaired) electrons. The molecule has 24 heavy (non-hydrogen) atoms. The predicted molar refractivity (Wildman–Crippen MR) is 93.6 cm³/mol. The van der Waals surface area contributed by atoms with E-state index < -0.39 is 0 Å². The van der Waals surface area contributed by atoms with Crippen molar-refractivity contribution in [2.24, 2.45) is 0 Å². The zero-order valence-corrected chi connectivity index (χ0v) is 14.0. The van der Waals surface area contributed by atoms with E-state index in [0.29, 0.717) is 18.0 Å². The van der Waals surface area contributed by atoms with Crippen LogP contribution in [0.25, 0.3) is 0 Å². The summed E-state index contributed by atoms with van der Waals surface area (Å²) < 4.78 is 10.5. The first-order valence-corrected chi connectivity index (χ1v) is 8.01. The van der Waals surface area contributed by atoms with Crippen LogP contribution in [0.5, 0.6) is 11.5 Å². The maximum atomic E-state index is 12.5. The zero-order valence-electron chi connectivity index (χ0n) is 14.0. The number of ether oxygens (including phenoxy) is 2. The molecule has 1 aliphatic rings. The monoisotopic (exact) mass is 326 g/mol. The summed E-state index contributed by atoms with van der Waals surface area (Å²) in [4.78, 5) is 14.4. The third-order valence-electron chi connectivity index (χ3n) is 4.31. The molecule has 0 aromatic heterocycles. The highest BCUT2D eigenvalue weighted by molar-refractivity contribution is 5.81. The van der Waals surface area contributed by atoms with E-state index in [1.807, 2.05) is 29.2 Å². The minimum Gasteiger partial charge on any atom is -0.493 e. The normalized spacial score (nSPS) is 13.2. The summed E-state index contributed by atoms with van der Waals surface area (Å²) in [6.45, 7) is 1.71. The van der Waals surface area contributed by atoms with Crippen molar-refractivity contribution in [2.75, 3.05) is 32.6 Å². The van der Waals surface area contributed by atoms with Gasteiger partial charge in [-0.15, -0.1) is 0 Å². The standard InChI is InChI=1S/C19H22N2O3/c1-23-17-8-7-16(11-18(17)24-2)20-12-19(22)21-10-9-14-5-3-4-6-15(14)13-21/h3-8,11,20H,9-10,12-13H2,1-2H3. The third-order valence-corrected chi connectivity index (χ3v) is 4.31. The molecule has 2 aromatic rings. The van der Waals surface area contributed by atoms with Crippen LogP contribution in [0.3, 0.4) is 0 Å². The second kappa shape index (κ2) is 7.25. The van der Waals surface area contributed by atoms with Gasteiger partial charge in [0.2, 0.25) is 5.91 Å². The van der Waals surface area contributed by atoms with E-state index in [2.05, 4.69) is 23.5 Å². The number of carbonyl (C=O) groups is 1. The van der Waals surface area contributed by atoms with Crippen LogP contribution < -0.4 is 14.8 Å². The Morgan fingerprint density at radius 1 is 1.08 bits per heavy atom. The maximum Gasteiger partial charge on any atom is 0.242 e. The van der Waals surface area contributed by atoms with E-state index in [0.717, 1.165) is 18.7 Å². The molecule has 1 heterocycles. The summed E-state index contributed by atoms with van der Waals surface area (Å²) in [6, 6.07) is 13.8. The molecule has 0 spiro atoms. The molecule has 0 fully saturated rings. The number of hydrogen-bond acceptors (Lipinski definition) is 4. The fraction of sp³-hybridized carbons (Fsp3) is 0.316. The fourth-order valence-corrected chi connectivity index (χ4v) is 2.94. The van der Waals surface area contributed by atoms with E-state index in [9.17, 15) is 4.79 Å². The summed E-state index contributed by atoms with van der Waals surface area (Å²) in [5.41, 5.74) is 3.41. The van der Waals surface area contributed by atoms with Gasteiger partial charge >= 0.3 is 0 Å². The van der Waals surface area contributed by atoms with Gasteiger partial charge in [-0.25, -0.2) is 0 Å². The molecule has 1 amide bonds. The number of fused-ring (bicyclic) bond motifs is 1. The van der Waals surface area contributed by atoms with E-state index >= 15 is 0 Å². The minimum absolute atomic E-state index is 0.0966. The quantitative estimate of drug-likeness (QED) is 0.918. The summed E-state index contributed by atoms with van der Waals surface area (Å²) in [6.07, 6.45) is 0.915. The van der Waals surface area contributed by atoms with Gasteiger partial charge in [0.15, 0.2) is 11.5 Å². The van der Waals surface area contributed by atoms with Gasteiger partial charge in [-0.1, -0.05) is 24.3 Å². The number of carbonyl (C=O) groups excluding carboxylic acids is 1. The smallest absolute Gasteiger partial charge is 0.242 e. The summed E-state index contributed by atoms with van der Waals surface area (Å²) >= 11 is 0. The molecule has 1 aliphatic heterocycles. The first-order chi connectivity index (χ1) is 11.7. The number of amides is 1. The number of anilines is 1. The number of nitrogens with zero attached hydrogens (tertiary/aromatic N) is 1. The lowest BCUT2D eigenvalue weighted by molar-refractivity contribution is -0.130. The Balaban J connectivity index is 1.60. The van der Waals surface area contributed by atoms with Crippen LogP contribution in [-0.2, 0) is 17.8 Å². The van der Waals surface area contributed by atoms with Gasteiger partial charge in [0.1, 0.15) is 0 Å². The highest BCUT2D eigenvalue weighted by Crippen LogP contribution is 2.29. The number of benzene rings is 2. The van der Waals surface area contributed by atoms with Crippen LogP contribution >= 0.6 is 0 Å². The molecule has 0 unspecified atom stereocenters. The molecule has 5 nitrogen and oxygen atoms in total. The van der Waals surface area contributed by atoms with Crippen molar-refractivity contribution in [1.29, 1.82) is 0 Å².